The molecule has 4 rings (SSSR count). The van der Waals surface area contributed by atoms with E-state index in [1.165, 1.54) is 12.8 Å². The van der Waals surface area contributed by atoms with Crippen LogP contribution in [0.5, 0.6) is 11.5 Å². The molecule has 2 aliphatic heterocycles. The van der Waals surface area contributed by atoms with Gasteiger partial charge in [-0.25, -0.2) is 0 Å². The first-order chi connectivity index (χ1) is 12.2. The van der Waals surface area contributed by atoms with Gasteiger partial charge in [0.05, 0.1) is 6.20 Å². The molecule has 27 heavy (non-hydrogen) atoms. The molecule has 1 aromatic heterocycles. The molecule has 0 saturated carbocycles. The van der Waals surface area contributed by atoms with E-state index in [0.29, 0.717) is 35.2 Å². The minimum Gasteiger partial charge on any atom is -0.456 e. The molecule has 2 unspecified atom stereocenters. The molecule has 1 N–H and O–H groups in total. The van der Waals surface area contributed by atoms with E-state index in [9.17, 15) is 4.79 Å². The summed E-state index contributed by atoms with van der Waals surface area (Å²) < 4.78 is 5.73. The SMILES string of the molecule is CN(C(=O)c1ccc(Oc2cccnc2)cc1)C1CC2CCC(C1)N2.Cl.Cl. The topological polar surface area (TPSA) is 54.5 Å². The number of rotatable bonds is 4. The van der Waals surface area contributed by atoms with Crippen molar-refractivity contribution in [3.8, 4) is 11.5 Å². The molecule has 2 atom stereocenters. The van der Waals surface area contributed by atoms with Crippen molar-refractivity contribution in [2.45, 2.75) is 43.8 Å². The normalized spacial score (nSPS) is 22.9. The Labute approximate surface area is 172 Å². The maximum absolute atomic E-state index is 12.8. The highest BCUT2D eigenvalue weighted by Gasteiger charge is 2.36. The number of carbonyl (C=O) groups is 1. The number of piperidine rings is 1. The number of benzene rings is 1. The zero-order chi connectivity index (χ0) is 17.2. The van der Waals surface area contributed by atoms with Gasteiger partial charge in [0.2, 0.25) is 0 Å². The van der Waals surface area contributed by atoms with Crippen LogP contribution in [0.2, 0.25) is 0 Å². The summed E-state index contributed by atoms with van der Waals surface area (Å²) in [4.78, 5) is 18.7. The number of fused-ring (bicyclic) bond motifs is 2. The molecule has 0 aliphatic carbocycles. The van der Waals surface area contributed by atoms with Gasteiger partial charge in [-0.2, -0.15) is 0 Å². The summed E-state index contributed by atoms with van der Waals surface area (Å²) >= 11 is 0. The van der Waals surface area contributed by atoms with Crippen LogP contribution in [0.1, 0.15) is 36.0 Å². The van der Waals surface area contributed by atoms with Crippen LogP contribution in [0.15, 0.2) is 48.8 Å². The van der Waals surface area contributed by atoms with Crippen molar-refractivity contribution >= 4 is 30.7 Å². The van der Waals surface area contributed by atoms with E-state index in [4.69, 9.17) is 4.74 Å². The van der Waals surface area contributed by atoms with Crippen LogP contribution in [0, 0.1) is 0 Å². The Morgan fingerprint density at radius 2 is 1.74 bits per heavy atom. The van der Waals surface area contributed by atoms with Crippen molar-refractivity contribution in [1.29, 1.82) is 0 Å². The summed E-state index contributed by atoms with van der Waals surface area (Å²) in [6.45, 7) is 0. The van der Waals surface area contributed by atoms with Crippen LogP contribution < -0.4 is 10.1 Å². The zero-order valence-corrected chi connectivity index (χ0v) is 16.8. The Bertz CT molecular complexity index is 731. The summed E-state index contributed by atoms with van der Waals surface area (Å²) in [7, 11) is 1.93. The zero-order valence-electron chi connectivity index (χ0n) is 15.2. The van der Waals surface area contributed by atoms with Crippen LogP contribution in [0.4, 0.5) is 0 Å². The molecule has 5 nitrogen and oxygen atoms in total. The van der Waals surface area contributed by atoms with Crippen molar-refractivity contribution in [1.82, 2.24) is 15.2 Å². The maximum atomic E-state index is 12.8. The van der Waals surface area contributed by atoms with Gasteiger partial charge >= 0.3 is 0 Å². The van der Waals surface area contributed by atoms with Gasteiger partial charge in [0.15, 0.2) is 0 Å². The number of nitrogens with zero attached hydrogens (tertiary/aromatic N) is 2. The summed E-state index contributed by atoms with van der Waals surface area (Å²) in [5.74, 6) is 1.47. The number of hydrogen-bond donors (Lipinski definition) is 1. The molecule has 2 aromatic rings. The first kappa shape index (κ1) is 21.5. The van der Waals surface area contributed by atoms with Gasteiger partial charge in [-0.05, 0) is 62.1 Å². The van der Waals surface area contributed by atoms with E-state index >= 15 is 0 Å². The van der Waals surface area contributed by atoms with Gasteiger partial charge in [-0.3, -0.25) is 9.78 Å². The number of nitrogens with one attached hydrogen (secondary N) is 1. The highest BCUT2D eigenvalue weighted by atomic mass is 35.5. The summed E-state index contributed by atoms with van der Waals surface area (Å²) in [6, 6.07) is 12.5. The quantitative estimate of drug-likeness (QED) is 0.826. The average Bonchev–Trinajstić information content (AvgIpc) is 3.00. The second-order valence-corrected chi connectivity index (χ2v) is 6.99. The lowest BCUT2D eigenvalue weighted by molar-refractivity contribution is 0.0681. The fourth-order valence-corrected chi connectivity index (χ4v) is 3.92. The van der Waals surface area contributed by atoms with Crippen molar-refractivity contribution in [3.63, 3.8) is 0 Å². The first-order valence-electron chi connectivity index (χ1n) is 8.90. The Morgan fingerprint density at radius 3 is 2.33 bits per heavy atom. The van der Waals surface area contributed by atoms with E-state index in [1.807, 2.05) is 48.3 Å². The molecule has 0 spiro atoms. The van der Waals surface area contributed by atoms with E-state index < -0.39 is 0 Å². The number of carbonyl (C=O) groups excluding carboxylic acids is 1. The number of pyridine rings is 1. The molecule has 1 aromatic carbocycles. The second kappa shape index (κ2) is 9.40. The standard InChI is InChI=1S/C20H23N3O2.2ClH/c1-23(17-11-15-6-7-16(12-17)22-15)20(24)14-4-8-18(9-5-14)25-19-3-2-10-21-13-19;;/h2-5,8-10,13,15-17,22H,6-7,11-12H2,1H3;2*1H. The predicted octanol–water partition coefficient (Wildman–Crippen LogP) is 4.07. The Hall–Kier alpha value is -1.82. The van der Waals surface area contributed by atoms with Gasteiger partial charge in [-0.15, -0.1) is 24.8 Å². The van der Waals surface area contributed by atoms with Gasteiger partial charge in [-0.1, -0.05) is 0 Å². The number of halogens is 2. The Kier molecular flexibility index (Phi) is 7.48. The molecule has 2 fully saturated rings. The largest absolute Gasteiger partial charge is 0.456 e. The van der Waals surface area contributed by atoms with Crippen molar-refractivity contribution in [2.75, 3.05) is 7.05 Å². The predicted molar refractivity (Wildman–Crippen MR) is 110 cm³/mol. The Balaban J connectivity index is 0.00000131. The van der Waals surface area contributed by atoms with E-state index in [1.54, 1.807) is 12.4 Å². The summed E-state index contributed by atoms with van der Waals surface area (Å²) in [5.41, 5.74) is 0.701. The van der Waals surface area contributed by atoms with E-state index in [0.717, 1.165) is 12.8 Å². The van der Waals surface area contributed by atoms with Crippen molar-refractivity contribution < 1.29 is 9.53 Å². The Morgan fingerprint density at radius 1 is 1.07 bits per heavy atom. The average molecular weight is 410 g/mol. The molecule has 2 saturated heterocycles. The van der Waals surface area contributed by atoms with E-state index in [-0.39, 0.29) is 30.7 Å². The number of ether oxygens (including phenoxy) is 1. The molecule has 7 heteroatoms. The number of amides is 1. The van der Waals surface area contributed by atoms with Crippen molar-refractivity contribution in [3.05, 3.63) is 54.4 Å². The maximum Gasteiger partial charge on any atom is 0.253 e. The molecular formula is C20H25Cl2N3O2. The third-order valence-electron chi connectivity index (χ3n) is 5.29. The summed E-state index contributed by atoms with van der Waals surface area (Å²) in [5, 5.41) is 3.62. The van der Waals surface area contributed by atoms with Gasteiger partial charge in [0.25, 0.3) is 5.91 Å². The van der Waals surface area contributed by atoms with Crippen LogP contribution in [-0.2, 0) is 0 Å². The highest BCUT2D eigenvalue weighted by molar-refractivity contribution is 5.94. The molecule has 1 amide bonds. The fourth-order valence-electron chi connectivity index (χ4n) is 3.92. The smallest absolute Gasteiger partial charge is 0.253 e. The van der Waals surface area contributed by atoms with Crippen LogP contribution in [0.3, 0.4) is 0 Å². The van der Waals surface area contributed by atoms with Crippen LogP contribution in [-0.4, -0.2) is 41.0 Å². The molecule has 2 bridgehead atoms. The number of aromatic nitrogens is 1. The highest BCUT2D eigenvalue weighted by Crippen LogP contribution is 2.30. The monoisotopic (exact) mass is 409 g/mol. The second-order valence-electron chi connectivity index (χ2n) is 6.99. The lowest BCUT2D eigenvalue weighted by atomic mass is 9.98. The third kappa shape index (κ3) is 4.92. The molecule has 0 radical (unpaired) electrons. The van der Waals surface area contributed by atoms with E-state index in [2.05, 4.69) is 10.3 Å². The molecule has 3 heterocycles. The molecule has 2 aliphatic rings. The fraction of sp³-hybridized carbons (Fsp3) is 0.400. The number of hydrogen-bond acceptors (Lipinski definition) is 4. The van der Waals surface area contributed by atoms with Gasteiger partial charge < -0.3 is 15.0 Å². The first-order valence-corrected chi connectivity index (χ1v) is 8.90. The minimum atomic E-state index is 0. The molecular weight excluding hydrogens is 385 g/mol. The lowest BCUT2D eigenvalue weighted by Crippen LogP contribution is -2.48. The molecule has 146 valence electrons. The van der Waals surface area contributed by atoms with Gasteiger partial charge in [0, 0.05) is 36.9 Å². The summed E-state index contributed by atoms with van der Waals surface area (Å²) in [6.07, 6.45) is 7.96. The lowest BCUT2D eigenvalue weighted by Gasteiger charge is -2.35. The minimum absolute atomic E-state index is 0. The third-order valence-corrected chi connectivity index (χ3v) is 5.29. The van der Waals surface area contributed by atoms with Crippen LogP contribution >= 0.6 is 24.8 Å². The van der Waals surface area contributed by atoms with Crippen LogP contribution in [0.25, 0.3) is 0 Å². The van der Waals surface area contributed by atoms with Crippen molar-refractivity contribution in [2.24, 2.45) is 0 Å². The van der Waals surface area contributed by atoms with Gasteiger partial charge in [0.1, 0.15) is 11.5 Å².